The molecule has 1 heterocycles. The molecule has 0 saturated carbocycles. The summed E-state index contributed by atoms with van der Waals surface area (Å²) in [5, 5.41) is 17.2. The maximum Gasteiger partial charge on any atom is 0.125 e. The first-order valence-corrected chi connectivity index (χ1v) is 12.0. The highest BCUT2D eigenvalue weighted by Crippen LogP contribution is 2.39. The van der Waals surface area contributed by atoms with Gasteiger partial charge in [0.2, 0.25) is 0 Å². The molecule has 4 heteroatoms. The molecule has 1 unspecified atom stereocenters. The van der Waals surface area contributed by atoms with E-state index in [4.69, 9.17) is 4.98 Å². The molecule has 0 spiro atoms. The Labute approximate surface area is 194 Å². The second kappa shape index (κ2) is 9.58. The number of aromatic hydroxyl groups is 1. The summed E-state index contributed by atoms with van der Waals surface area (Å²) in [6, 6.07) is 24.3. The molecule has 0 saturated heterocycles. The van der Waals surface area contributed by atoms with Crippen molar-refractivity contribution < 1.29 is 5.11 Å². The number of benzene rings is 3. The van der Waals surface area contributed by atoms with Crippen molar-refractivity contribution in [3.8, 4) is 17.0 Å². The molecule has 0 fully saturated rings. The number of hydrogen-bond donors (Lipinski definition) is 2. The van der Waals surface area contributed by atoms with Gasteiger partial charge in [0.05, 0.1) is 5.69 Å². The summed E-state index contributed by atoms with van der Waals surface area (Å²) in [4.78, 5) is 4.96. The van der Waals surface area contributed by atoms with Crippen LogP contribution in [-0.4, -0.2) is 10.1 Å². The van der Waals surface area contributed by atoms with Gasteiger partial charge in [0.15, 0.2) is 0 Å². The van der Waals surface area contributed by atoms with Gasteiger partial charge >= 0.3 is 0 Å². The molecule has 3 aromatic carbocycles. The number of rotatable bonds is 7. The normalized spacial score (nSPS) is 12.3. The van der Waals surface area contributed by atoms with Gasteiger partial charge in [-0.15, -0.1) is 11.3 Å². The Kier molecular flexibility index (Phi) is 6.61. The number of nitrogens with zero attached hydrogens (tertiary/aromatic N) is 1. The lowest BCUT2D eigenvalue weighted by molar-refractivity contribution is 0.477. The lowest BCUT2D eigenvalue weighted by atomic mass is 9.92. The van der Waals surface area contributed by atoms with E-state index in [1.165, 1.54) is 22.4 Å². The minimum Gasteiger partial charge on any atom is -0.507 e. The van der Waals surface area contributed by atoms with Gasteiger partial charge in [-0.2, -0.15) is 0 Å². The van der Waals surface area contributed by atoms with Crippen molar-refractivity contribution >= 4 is 17.0 Å². The van der Waals surface area contributed by atoms with Crippen LogP contribution in [0.1, 0.15) is 67.3 Å². The molecule has 1 atom stereocenters. The second-order valence-electron chi connectivity index (χ2n) is 8.70. The fourth-order valence-corrected chi connectivity index (χ4v) is 4.92. The number of thiazole rings is 1. The summed E-state index contributed by atoms with van der Waals surface area (Å²) < 4.78 is 0. The van der Waals surface area contributed by atoms with Gasteiger partial charge in [-0.1, -0.05) is 88.4 Å². The predicted molar refractivity (Wildman–Crippen MR) is 136 cm³/mol. The van der Waals surface area contributed by atoms with Crippen molar-refractivity contribution in [2.75, 3.05) is 5.32 Å². The summed E-state index contributed by atoms with van der Waals surface area (Å²) in [5.74, 6) is 1.06. The molecule has 0 aliphatic rings. The van der Waals surface area contributed by atoms with Gasteiger partial charge in [-0.3, -0.25) is 0 Å². The van der Waals surface area contributed by atoms with Crippen molar-refractivity contribution in [1.82, 2.24) is 4.98 Å². The number of nitrogens with one attached hydrogen (secondary N) is 1. The molecular formula is C28H30N2OS. The highest BCUT2D eigenvalue weighted by atomic mass is 32.1. The van der Waals surface area contributed by atoms with Crippen LogP contribution < -0.4 is 5.32 Å². The van der Waals surface area contributed by atoms with E-state index < -0.39 is 0 Å². The van der Waals surface area contributed by atoms with Crippen LogP contribution in [0, 0.1) is 0 Å². The summed E-state index contributed by atoms with van der Waals surface area (Å²) in [6.45, 7) is 8.95. The molecule has 0 aliphatic carbocycles. The summed E-state index contributed by atoms with van der Waals surface area (Å²) in [5.41, 5.74) is 6.55. The highest BCUT2D eigenvalue weighted by Gasteiger charge is 2.23. The Morgan fingerprint density at radius 2 is 1.41 bits per heavy atom. The Balaban J connectivity index is 1.81. The maximum absolute atomic E-state index is 10.3. The molecule has 4 rings (SSSR count). The first-order valence-electron chi connectivity index (χ1n) is 11.1. The van der Waals surface area contributed by atoms with Crippen molar-refractivity contribution in [3.63, 3.8) is 0 Å². The molecular weight excluding hydrogens is 412 g/mol. The monoisotopic (exact) mass is 442 g/mol. The van der Waals surface area contributed by atoms with Gasteiger partial charge in [-0.25, -0.2) is 4.98 Å². The van der Waals surface area contributed by atoms with E-state index >= 15 is 0 Å². The molecule has 164 valence electrons. The quantitative estimate of drug-likeness (QED) is 0.305. The predicted octanol–water partition coefficient (Wildman–Crippen LogP) is 7.96. The van der Waals surface area contributed by atoms with Crippen molar-refractivity contribution in [2.45, 2.75) is 45.6 Å². The lowest BCUT2D eigenvalue weighted by Gasteiger charge is -2.26. The molecule has 4 aromatic rings. The molecule has 1 aromatic heterocycles. The number of anilines is 1. The van der Waals surface area contributed by atoms with Crippen LogP contribution in [0.3, 0.4) is 0 Å². The largest absolute Gasteiger partial charge is 0.507 e. The SMILES string of the molecule is CC(C)c1cccc(C(C)C)c1NC(c1ccccc1)c1nc(-c2ccccc2O)cs1. The van der Waals surface area contributed by atoms with Crippen LogP contribution in [0.4, 0.5) is 5.69 Å². The fraction of sp³-hybridized carbons (Fsp3) is 0.250. The highest BCUT2D eigenvalue weighted by molar-refractivity contribution is 7.10. The summed E-state index contributed by atoms with van der Waals surface area (Å²) in [6.07, 6.45) is 0. The second-order valence-corrected chi connectivity index (χ2v) is 9.59. The third-order valence-electron chi connectivity index (χ3n) is 5.74. The number of para-hydroxylation sites is 2. The van der Waals surface area contributed by atoms with E-state index in [0.717, 1.165) is 16.3 Å². The molecule has 0 radical (unpaired) electrons. The van der Waals surface area contributed by atoms with E-state index in [9.17, 15) is 5.11 Å². The minimum absolute atomic E-state index is 0.0850. The van der Waals surface area contributed by atoms with Crippen LogP contribution in [0.15, 0.2) is 78.2 Å². The fourth-order valence-electron chi connectivity index (χ4n) is 4.03. The Morgan fingerprint density at radius 1 is 0.781 bits per heavy atom. The molecule has 3 nitrogen and oxygen atoms in total. The number of phenolic OH excluding ortho intramolecular Hbond substituents is 1. The van der Waals surface area contributed by atoms with Gasteiger partial charge in [0.1, 0.15) is 16.8 Å². The Hall–Kier alpha value is -3.11. The van der Waals surface area contributed by atoms with E-state index in [1.54, 1.807) is 17.4 Å². The summed E-state index contributed by atoms with van der Waals surface area (Å²) in [7, 11) is 0. The van der Waals surface area contributed by atoms with Crippen LogP contribution in [-0.2, 0) is 0 Å². The van der Waals surface area contributed by atoms with E-state index in [-0.39, 0.29) is 11.8 Å². The molecule has 0 aliphatic heterocycles. The van der Waals surface area contributed by atoms with Crippen LogP contribution >= 0.6 is 11.3 Å². The van der Waals surface area contributed by atoms with Gasteiger partial charge in [0.25, 0.3) is 0 Å². The zero-order chi connectivity index (χ0) is 22.7. The first-order chi connectivity index (χ1) is 15.5. The third-order valence-corrected chi connectivity index (χ3v) is 6.65. The minimum atomic E-state index is -0.0850. The standard InChI is InChI=1S/C28H30N2OS/c1-18(2)21-14-10-15-22(19(3)4)27(21)30-26(20-11-6-5-7-12-20)28-29-24(17-32-28)23-13-8-9-16-25(23)31/h5-19,26,30-31H,1-4H3. The summed E-state index contributed by atoms with van der Waals surface area (Å²) >= 11 is 1.62. The first kappa shape index (κ1) is 22.1. The Morgan fingerprint density at radius 3 is 2.03 bits per heavy atom. The topological polar surface area (TPSA) is 45.2 Å². The van der Waals surface area contributed by atoms with Crippen molar-refractivity contribution in [3.05, 3.63) is 99.9 Å². The third kappa shape index (κ3) is 4.56. The van der Waals surface area contributed by atoms with Crippen molar-refractivity contribution in [1.29, 1.82) is 0 Å². The molecule has 0 bridgehead atoms. The zero-order valence-corrected chi connectivity index (χ0v) is 19.9. The average Bonchev–Trinajstić information content (AvgIpc) is 3.27. The van der Waals surface area contributed by atoms with Crippen LogP contribution in [0.5, 0.6) is 5.75 Å². The Bertz CT molecular complexity index is 1150. The van der Waals surface area contributed by atoms with Gasteiger partial charge < -0.3 is 10.4 Å². The maximum atomic E-state index is 10.3. The van der Waals surface area contributed by atoms with Crippen LogP contribution in [0.2, 0.25) is 0 Å². The number of aromatic nitrogens is 1. The van der Waals surface area contributed by atoms with E-state index in [1.807, 2.05) is 29.6 Å². The van der Waals surface area contributed by atoms with Gasteiger partial charge in [-0.05, 0) is 40.7 Å². The number of phenols is 1. The van der Waals surface area contributed by atoms with Crippen molar-refractivity contribution in [2.24, 2.45) is 0 Å². The smallest absolute Gasteiger partial charge is 0.125 e. The molecule has 32 heavy (non-hydrogen) atoms. The molecule has 0 amide bonds. The van der Waals surface area contributed by atoms with Crippen LogP contribution in [0.25, 0.3) is 11.3 Å². The lowest BCUT2D eigenvalue weighted by Crippen LogP contribution is -2.16. The van der Waals surface area contributed by atoms with Gasteiger partial charge in [0, 0.05) is 16.6 Å². The molecule has 2 N–H and O–H groups in total. The average molecular weight is 443 g/mol. The number of hydrogen-bond acceptors (Lipinski definition) is 4. The van der Waals surface area contributed by atoms with E-state index in [2.05, 4.69) is 75.5 Å². The zero-order valence-electron chi connectivity index (χ0n) is 19.0. The van der Waals surface area contributed by atoms with E-state index in [0.29, 0.717) is 11.8 Å².